The van der Waals surface area contributed by atoms with Crippen LogP contribution in [0.1, 0.15) is 40.4 Å². The highest BCUT2D eigenvalue weighted by molar-refractivity contribution is 9.10. The van der Waals surface area contributed by atoms with Gasteiger partial charge in [-0.1, -0.05) is 30.3 Å². The second-order valence-electron chi connectivity index (χ2n) is 8.88. The predicted octanol–water partition coefficient (Wildman–Crippen LogP) is 5.55. The number of hydrogen-bond donors (Lipinski definition) is 0. The number of ether oxygens (including phenoxy) is 1. The molecule has 5 nitrogen and oxygen atoms in total. The molecule has 4 heterocycles. The number of rotatable bonds is 3. The summed E-state index contributed by atoms with van der Waals surface area (Å²) in [5.41, 5.74) is 6.37. The van der Waals surface area contributed by atoms with Crippen LogP contribution < -0.4 is 0 Å². The molecule has 1 atom stereocenters. The number of amides is 1. The summed E-state index contributed by atoms with van der Waals surface area (Å²) in [4.78, 5) is 19.3. The molecule has 0 N–H and O–H groups in total. The number of carbonyl (C=O) groups is 1. The molecule has 0 saturated carbocycles. The summed E-state index contributed by atoms with van der Waals surface area (Å²) in [6, 6.07) is 17.4. The monoisotopic (exact) mass is 489 g/mol. The molecule has 6 heteroatoms. The first-order valence-electron chi connectivity index (χ1n) is 11.1. The van der Waals surface area contributed by atoms with Gasteiger partial charge in [0.1, 0.15) is 0 Å². The Kier molecular flexibility index (Phi) is 4.81. The van der Waals surface area contributed by atoms with Gasteiger partial charge < -0.3 is 14.2 Å². The zero-order valence-electron chi connectivity index (χ0n) is 17.9. The Morgan fingerprint density at radius 2 is 1.88 bits per heavy atom. The highest BCUT2D eigenvalue weighted by atomic mass is 79.9. The average molecular weight is 490 g/mol. The molecule has 1 amide bonds. The Bertz CT molecular complexity index is 1340. The van der Waals surface area contributed by atoms with Crippen LogP contribution in [-0.2, 0) is 11.3 Å². The van der Waals surface area contributed by atoms with Crippen LogP contribution in [0.4, 0.5) is 0 Å². The highest BCUT2D eigenvalue weighted by Crippen LogP contribution is 2.42. The summed E-state index contributed by atoms with van der Waals surface area (Å²) in [6.07, 6.45) is 3.89. The molecule has 2 aliphatic rings. The third-order valence-corrected chi connectivity index (χ3v) is 7.38. The van der Waals surface area contributed by atoms with Crippen molar-refractivity contribution < 1.29 is 9.53 Å². The van der Waals surface area contributed by atoms with Gasteiger partial charge in [-0.3, -0.25) is 9.78 Å². The lowest BCUT2D eigenvalue weighted by Gasteiger charge is -2.33. The van der Waals surface area contributed by atoms with Gasteiger partial charge in [0.25, 0.3) is 5.91 Å². The molecule has 2 aromatic carbocycles. The fourth-order valence-electron chi connectivity index (χ4n) is 5.45. The van der Waals surface area contributed by atoms with E-state index in [1.165, 1.54) is 5.56 Å². The van der Waals surface area contributed by atoms with Crippen LogP contribution in [0.15, 0.2) is 59.2 Å². The van der Waals surface area contributed by atoms with Crippen molar-refractivity contribution in [2.45, 2.75) is 25.4 Å². The van der Waals surface area contributed by atoms with Crippen molar-refractivity contribution in [3.8, 4) is 0 Å². The second kappa shape index (κ2) is 7.71. The molecule has 2 aromatic heterocycles. The molecule has 4 aromatic rings. The average Bonchev–Trinajstić information content (AvgIpc) is 3.27. The molecule has 0 bridgehead atoms. The fourth-order valence-corrected chi connectivity index (χ4v) is 5.77. The summed E-state index contributed by atoms with van der Waals surface area (Å²) >= 11 is 3.64. The minimum absolute atomic E-state index is 0.0870. The molecular weight excluding hydrogens is 466 g/mol. The third-order valence-electron chi connectivity index (χ3n) is 6.95. The molecule has 0 spiro atoms. The molecule has 1 saturated heterocycles. The smallest absolute Gasteiger partial charge is 0.254 e. The third kappa shape index (κ3) is 3.08. The minimum Gasteiger partial charge on any atom is -0.381 e. The van der Waals surface area contributed by atoms with E-state index in [0.717, 1.165) is 63.6 Å². The van der Waals surface area contributed by atoms with E-state index in [0.29, 0.717) is 12.5 Å². The summed E-state index contributed by atoms with van der Waals surface area (Å²) in [5.74, 6) is 0.547. The maximum absolute atomic E-state index is 12.7. The number of fused-ring (bicyclic) bond motifs is 4. The minimum atomic E-state index is 0.0870. The van der Waals surface area contributed by atoms with Crippen LogP contribution in [0.2, 0.25) is 0 Å². The lowest BCUT2D eigenvalue weighted by molar-refractivity contribution is 0.0553. The van der Waals surface area contributed by atoms with Gasteiger partial charge >= 0.3 is 0 Å². The Hall–Kier alpha value is -2.70. The van der Waals surface area contributed by atoms with Crippen molar-refractivity contribution >= 4 is 43.8 Å². The fraction of sp³-hybridized carbons (Fsp3) is 0.308. The van der Waals surface area contributed by atoms with Gasteiger partial charge in [-0.2, -0.15) is 0 Å². The van der Waals surface area contributed by atoms with E-state index in [1.807, 2.05) is 13.2 Å². The Balaban J connectivity index is 1.68. The van der Waals surface area contributed by atoms with Gasteiger partial charge in [-0.25, -0.2) is 0 Å². The van der Waals surface area contributed by atoms with E-state index < -0.39 is 0 Å². The van der Waals surface area contributed by atoms with Crippen LogP contribution in [0.5, 0.6) is 0 Å². The zero-order valence-corrected chi connectivity index (χ0v) is 19.5. The summed E-state index contributed by atoms with van der Waals surface area (Å²) in [7, 11) is 1.86. The molecular formula is C26H24BrN3O2. The van der Waals surface area contributed by atoms with Crippen LogP contribution in [0.25, 0.3) is 21.9 Å². The largest absolute Gasteiger partial charge is 0.381 e. The van der Waals surface area contributed by atoms with Gasteiger partial charge in [-0.05, 0) is 64.0 Å². The maximum atomic E-state index is 12.7. The normalized spacial score (nSPS) is 17.9. The summed E-state index contributed by atoms with van der Waals surface area (Å²) in [6.45, 7) is 2.24. The van der Waals surface area contributed by atoms with Gasteiger partial charge in [0, 0.05) is 48.4 Å². The first-order valence-corrected chi connectivity index (χ1v) is 11.9. The molecule has 2 aliphatic heterocycles. The first-order chi connectivity index (χ1) is 15.6. The van der Waals surface area contributed by atoms with Crippen LogP contribution in [0.3, 0.4) is 0 Å². The van der Waals surface area contributed by atoms with Crippen molar-refractivity contribution in [2.75, 3.05) is 20.3 Å². The number of hydrogen-bond acceptors (Lipinski definition) is 3. The molecule has 1 fully saturated rings. The van der Waals surface area contributed by atoms with E-state index in [4.69, 9.17) is 9.72 Å². The Labute approximate surface area is 195 Å². The molecule has 0 aliphatic carbocycles. The van der Waals surface area contributed by atoms with Gasteiger partial charge in [0.15, 0.2) is 0 Å². The Morgan fingerprint density at radius 3 is 2.66 bits per heavy atom. The summed E-state index contributed by atoms with van der Waals surface area (Å²) in [5, 5.41) is 1.04. The SMILES string of the molecule is CN1Cc2cc3c(cc2C1=O)c1ncc(Br)cc1n3[C@H](c1ccccc1)C1CCOCC1. The number of halogens is 1. The maximum Gasteiger partial charge on any atom is 0.254 e. The number of carbonyl (C=O) groups excluding carboxylic acids is 1. The first kappa shape index (κ1) is 19.9. The van der Waals surface area contributed by atoms with Crippen molar-refractivity contribution in [1.29, 1.82) is 0 Å². The quantitative estimate of drug-likeness (QED) is 0.378. The second-order valence-corrected chi connectivity index (χ2v) is 9.80. The topological polar surface area (TPSA) is 47.4 Å². The van der Waals surface area contributed by atoms with E-state index in [1.54, 1.807) is 4.90 Å². The standard InChI is InChI=1S/C26H24BrN3O2/c1-29-15-18-11-22-21(13-20(18)26(29)31)24-23(12-19(27)14-28-24)30(22)25(16-5-3-2-4-6-16)17-7-9-32-10-8-17/h2-6,11-14,17,25H,7-10,15H2,1H3/t25-/m1/s1. The van der Waals surface area contributed by atoms with E-state index >= 15 is 0 Å². The van der Waals surface area contributed by atoms with E-state index in [9.17, 15) is 4.79 Å². The van der Waals surface area contributed by atoms with Gasteiger partial charge in [0.05, 0.1) is 22.6 Å². The van der Waals surface area contributed by atoms with Gasteiger partial charge in [0.2, 0.25) is 0 Å². The van der Waals surface area contributed by atoms with E-state index in [-0.39, 0.29) is 11.9 Å². The lowest BCUT2D eigenvalue weighted by Crippen LogP contribution is -2.26. The molecule has 0 radical (unpaired) electrons. The highest BCUT2D eigenvalue weighted by Gasteiger charge is 2.32. The number of nitrogens with zero attached hydrogens (tertiary/aromatic N) is 3. The number of pyridine rings is 1. The van der Waals surface area contributed by atoms with Gasteiger partial charge in [-0.15, -0.1) is 0 Å². The molecule has 32 heavy (non-hydrogen) atoms. The van der Waals surface area contributed by atoms with Crippen LogP contribution in [-0.4, -0.2) is 40.6 Å². The number of benzene rings is 2. The van der Waals surface area contributed by atoms with Crippen molar-refractivity contribution in [3.63, 3.8) is 0 Å². The van der Waals surface area contributed by atoms with Crippen LogP contribution in [0, 0.1) is 5.92 Å². The molecule has 162 valence electrons. The van der Waals surface area contributed by atoms with Crippen molar-refractivity contribution in [1.82, 2.24) is 14.5 Å². The number of aromatic nitrogens is 2. The lowest BCUT2D eigenvalue weighted by atomic mass is 9.86. The molecule has 0 unspecified atom stereocenters. The Morgan fingerprint density at radius 1 is 1.09 bits per heavy atom. The predicted molar refractivity (Wildman–Crippen MR) is 129 cm³/mol. The zero-order chi connectivity index (χ0) is 21.8. The van der Waals surface area contributed by atoms with Crippen LogP contribution >= 0.6 is 15.9 Å². The van der Waals surface area contributed by atoms with E-state index in [2.05, 4.69) is 69.0 Å². The van der Waals surface area contributed by atoms with Crippen molar-refractivity contribution in [3.05, 3.63) is 75.9 Å². The van der Waals surface area contributed by atoms with Crippen molar-refractivity contribution in [2.24, 2.45) is 5.92 Å². The molecule has 6 rings (SSSR count). The summed E-state index contributed by atoms with van der Waals surface area (Å²) < 4.78 is 9.13.